The Hall–Kier alpha value is -8.02. The van der Waals surface area contributed by atoms with Crippen LogP contribution in [0.25, 0.3) is 0 Å². The summed E-state index contributed by atoms with van der Waals surface area (Å²) in [4.78, 5) is 117. The highest BCUT2D eigenvalue weighted by Gasteiger charge is 2.42. The Morgan fingerprint density at radius 3 is 1.26 bits per heavy atom. The van der Waals surface area contributed by atoms with Crippen LogP contribution in [0, 0.1) is 0 Å². The second-order valence-corrected chi connectivity index (χ2v) is 26.7. The average molecular weight is 1240 g/mol. The normalized spacial score (nSPS) is 19.5. The van der Waals surface area contributed by atoms with Gasteiger partial charge in [0.25, 0.3) is 0 Å². The fourth-order valence-electron chi connectivity index (χ4n) is 12.7. The van der Waals surface area contributed by atoms with Crippen LogP contribution in [0.3, 0.4) is 0 Å². The van der Waals surface area contributed by atoms with E-state index in [1.165, 1.54) is 46.1 Å². The van der Waals surface area contributed by atoms with Crippen LogP contribution in [0.1, 0.15) is 165 Å². The summed E-state index contributed by atoms with van der Waals surface area (Å²) >= 11 is 0. The summed E-state index contributed by atoms with van der Waals surface area (Å²) in [5.41, 5.74) is 4.90. The number of aryl methyl sites for hydroxylation is 2. The van der Waals surface area contributed by atoms with Gasteiger partial charge in [0.1, 0.15) is 60.1 Å². The van der Waals surface area contributed by atoms with Crippen molar-refractivity contribution >= 4 is 47.4 Å². The Kier molecular flexibility index (Phi) is 23.1. The first-order chi connectivity index (χ1) is 42.8. The molecule has 6 amide bonds. The van der Waals surface area contributed by atoms with Crippen LogP contribution in [0.5, 0.6) is 11.5 Å². The molecule has 0 bridgehead atoms. The van der Waals surface area contributed by atoms with Crippen molar-refractivity contribution in [1.29, 1.82) is 0 Å². The Bertz CT molecular complexity index is 2990. The van der Waals surface area contributed by atoms with E-state index < -0.39 is 71.5 Å². The van der Waals surface area contributed by atoms with E-state index in [2.05, 4.69) is 34.9 Å². The fraction of sp³-hybridized carbons (Fsp3) is 0.528. The van der Waals surface area contributed by atoms with Gasteiger partial charge >= 0.3 is 12.2 Å². The first kappa shape index (κ1) is 67.9. The molecule has 18 heteroatoms. The molecular weight excluding hydrogens is 1140 g/mol. The van der Waals surface area contributed by atoms with Gasteiger partial charge in [0.2, 0.25) is 23.6 Å². The number of Topliss-reactive ketones (excluding diaryl/α,β-unsaturated/α-hetero) is 2. The molecule has 8 atom stereocenters. The lowest BCUT2D eigenvalue weighted by atomic mass is 9.79. The molecule has 484 valence electrons. The summed E-state index contributed by atoms with van der Waals surface area (Å²) < 4.78 is 23.1. The number of carbonyl (C=O) groups excluding carboxylic acids is 8. The molecule has 4 aliphatic rings. The quantitative estimate of drug-likeness (QED) is 0.0628. The summed E-state index contributed by atoms with van der Waals surface area (Å²) in [6, 6.07) is 25.9. The molecule has 90 heavy (non-hydrogen) atoms. The number of likely N-dealkylation sites (tertiary alicyclic amines) is 2. The second kappa shape index (κ2) is 30.7. The lowest BCUT2D eigenvalue weighted by molar-refractivity contribution is -0.141. The lowest BCUT2D eigenvalue weighted by Gasteiger charge is -2.32. The van der Waals surface area contributed by atoms with Crippen molar-refractivity contribution in [2.75, 3.05) is 40.4 Å². The van der Waals surface area contributed by atoms with Gasteiger partial charge in [-0.05, 0) is 201 Å². The van der Waals surface area contributed by atoms with Crippen molar-refractivity contribution < 1.29 is 57.3 Å². The molecule has 2 aliphatic carbocycles. The van der Waals surface area contributed by atoms with E-state index in [0.29, 0.717) is 63.1 Å². The zero-order valence-corrected chi connectivity index (χ0v) is 54.4. The van der Waals surface area contributed by atoms with Gasteiger partial charge in [-0.1, -0.05) is 72.8 Å². The minimum atomic E-state index is -1.04. The molecule has 2 fully saturated rings. The topological polar surface area (TPSA) is 210 Å². The molecule has 0 radical (unpaired) electrons. The van der Waals surface area contributed by atoms with Crippen LogP contribution in [0.2, 0.25) is 0 Å². The highest BCUT2D eigenvalue weighted by molar-refractivity contribution is 5.96. The SMILES string of the molecule is C[C@@H](C(=O)N[C@@H](Cc1ccc(OC/C=C\COc2ccc(C[C@H](NC(=O)[C@H](C)N(C)C(=O)OC(C)(C)C)C(=O)N3CCCC3C(=O)C[C@@H]3CCCc4ccccc43)cc2)cc1)C(=O)N1CCCC1C(=O)C[C@@H]1CCCc2ccccc21)N(C)C(=O)OC(C)(C)C. The number of carbonyl (C=O) groups is 8. The van der Waals surface area contributed by atoms with Crippen LogP contribution in [0.15, 0.2) is 109 Å². The van der Waals surface area contributed by atoms with E-state index in [9.17, 15) is 38.4 Å². The number of ketones is 2. The van der Waals surface area contributed by atoms with E-state index in [-0.39, 0.29) is 61.3 Å². The zero-order chi connectivity index (χ0) is 64.9. The van der Waals surface area contributed by atoms with Gasteiger partial charge in [0.05, 0.1) is 12.1 Å². The maximum Gasteiger partial charge on any atom is 0.410 e. The van der Waals surface area contributed by atoms with Crippen molar-refractivity contribution in [2.24, 2.45) is 0 Å². The molecule has 4 aromatic rings. The van der Waals surface area contributed by atoms with Gasteiger partial charge in [-0.15, -0.1) is 0 Å². The highest BCUT2D eigenvalue weighted by Crippen LogP contribution is 2.37. The molecule has 2 N–H and O–H groups in total. The predicted octanol–water partition coefficient (Wildman–Crippen LogP) is 10.4. The summed E-state index contributed by atoms with van der Waals surface area (Å²) in [6.45, 7) is 14.9. The smallest absolute Gasteiger partial charge is 0.410 e. The van der Waals surface area contributed by atoms with Crippen molar-refractivity contribution in [3.05, 3.63) is 143 Å². The number of likely N-dealkylation sites (N-methyl/N-ethyl adjacent to an activating group) is 2. The molecule has 0 saturated carbocycles. The fourth-order valence-corrected chi connectivity index (χ4v) is 12.7. The summed E-state index contributed by atoms with van der Waals surface area (Å²) in [6.07, 6.45) is 11.5. The van der Waals surface area contributed by atoms with Gasteiger partial charge in [-0.3, -0.25) is 38.6 Å². The van der Waals surface area contributed by atoms with Gasteiger partial charge in [0, 0.05) is 52.9 Å². The predicted molar refractivity (Wildman–Crippen MR) is 344 cm³/mol. The van der Waals surface area contributed by atoms with Crippen molar-refractivity contribution in [1.82, 2.24) is 30.2 Å². The molecule has 2 saturated heterocycles. The van der Waals surface area contributed by atoms with E-state index in [1.54, 1.807) is 89.5 Å². The number of fused-ring (bicyclic) bond motifs is 2. The molecular formula is C72H94N6O12. The second-order valence-electron chi connectivity index (χ2n) is 26.7. The maximum absolute atomic E-state index is 14.7. The van der Waals surface area contributed by atoms with E-state index in [4.69, 9.17) is 18.9 Å². The molecule has 0 aromatic heterocycles. The van der Waals surface area contributed by atoms with E-state index in [0.717, 1.165) is 49.7 Å². The molecule has 8 rings (SSSR count). The van der Waals surface area contributed by atoms with Crippen molar-refractivity contribution in [2.45, 2.75) is 205 Å². The van der Waals surface area contributed by atoms with Gasteiger partial charge in [-0.25, -0.2) is 9.59 Å². The monoisotopic (exact) mass is 1230 g/mol. The number of rotatable bonds is 24. The third-order valence-electron chi connectivity index (χ3n) is 17.8. The van der Waals surface area contributed by atoms with Crippen molar-refractivity contribution in [3.63, 3.8) is 0 Å². The minimum Gasteiger partial charge on any atom is -0.490 e. The number of hydrogen-bond donors (Lipinski definition) is 2. The Morgan fingerprint density at radius 1 is 0.522 bits per heavy atom. The van der Waals surface area contributed by atoms with Crippen LogP contribution in [-0.4, -0.2) is 155 Å². The Morgan fingerprint density at radius 2 is 0.889 bits per heavy atom. The zero-order valence-electron chi connectivity index (χ0n) is 54.4. The van der Waals surface area contributed by atoms with Crippen molar-refractivity contribution in [3.8, 4) is 11.5 Å². The molecule has 2 heterocycles. The average Bonchev–Trinajstić information content (AvgIpc) is 3.32. The lowest BCUT2D eigenvalue weighted by Crippen LogP contribution is -2.56. The first-order valence-electron chi connectivity index (χ1n) is 32.3. The Labute approximate surface area is 531 Å². The van der Waals surface area contributed by atoms with Crippen LogP contribution < -0.4 is 20.1 Å². The standard InChI is InChI=1S/C72H94N6O12/c1-47(75(9)69(85)89-71(3,4)5)65(81)73-59(67(83)77-39-19-29-61(77)63(79)45-53-25-17-23-51-21-11-13-27-57(51)53)43-49-31-35-55(36-32-49)87-41-15-16-42-88-56-37-33-50(34-38-56)44-60(74-66(82)48(2)76(10)70(86)90-72(6,7)8)68(84)78-40-20-30-62(78)64(80)46-54-26-18-24-52-22-12-14-28-58(52)54/h11-16,21-22,27-28,31-38,47-48,53-54,59-62H,17-20,23-26,29-30,39-46H2,1-10H3,(H,73,81)(H,74,82)/b16-15-/t47-,48-,53-,54-,59-,60-,61?,62?/m0/s1. The third kappa shape index (κ3) is 18.3. The number of ether oxygens (including phenoxy) is 4. The highest BCUT2D eigenvalue weighted by atomic mass is 16.6. The number of benzene rings is 4. The van der Waals surface area contributed by atoms with Crippen LogP contribution in [-0.2, 0) is 63.9 Å². The number of nitrogens with zero attached hydrogens (tertiary/aromatic N) is 4. The molecule has 4 aromatic carbocycles. The van der Waals surface area contributed by atoms with Crippen LogP contribution in [0.4, 0.5) is 9.59 Å². The minimum absolute atomic E-state index is 0.0279. The number of hydrogen-bond acceptors (Lipinski definition) is 12. The largest absolute Gasteiger partial charge is 0.490 e. The van der Waals surface area contributed by atoms with E-state index >= 15 is 0 Å². The van der Waals surface area contributed by atoms with Gasteiger partial charge < -0.3 is 39.4 Å². The Balaban J connectivity index is 0.866. The molecule has 2 unspecified atom stereocenters. The first-order valence-corrected chi connectivity index (χ1v) is 32.3. The number of nitrogens with one attached hydrogen (secondary N) is 2. The number of amides is 6. The summed E-state index contributed by atoms with van der Waals surface area (Å²) in [7, 11) is 2.96. The van der Waals surface area contributed by atoms with Crippen LogP contribution >= 0.6 is 0 Å². The summed E-state index contributed by atoms with van der Waals surface area (Å²) in [5, 5.41) is 5.88. The molecule has 18 nitrogen and oxygen atoms in total. The van der Waals surface area contributed by atoms with Gasteiger partial charge in [-0.2, -0.15) is 0 Å². The van der Waals surface area contributed by atoms with Gasteiger partial charge in [0.15, 0.2) is 11.6 Å². The van der Waals surface area contributed by atoms with E-state index in [1.807, 2.05) is 60.7 Å². The molecule has 0 spiro atoms. The maximum atomic E-state index is 14.7. The summed E-state index contributed by atoms with van der Waals surface area (Å²) in [5.74, 6) is -0.387. The molecule has 2 aliphatic heterocycles. The third-order valence-corrected chi connectivity index (χ3v) is 17.8.